The molecule has 0 aromatic heterocycles. The molecule has 108 valence electrons. The molecule has 2 aromatic rings. The van der Waals surface area contributed by atoms with Crippen molar-refractivity contribution in [1.82, 2.24) is 5.32 Å². The van der Waals surface area contributed by atoms with Gasteiger partial charge in [0.15, 0.2) is 0 Å². The monoisotopic (exact) mass is 280 g/mol. The fraction of sp³-hybridized carbons (Fsp3) is 0.278. The van der Waals surface area contributed by atoms with Crippen molar-refractivity contribution in [2.24, 2.45) is 0 Å². The van der Waals surface area contributed by atoms with Gasteiger partial charge in [0, 0.05) is 6.54 Å². The van der Waals surface area contributed by atoms with Gasteiger partial charge in [-0.15, -0.1) is 0 Å². The molecule has 0 saturated carbocycles. The predicted molar refractivity (Wildman–Crippen MR) is 83.8 cm³/mol. The van der Waals surface area contributed by atoms with E-state index in [1.807, 2.05) is 68.4 Å². The highest BCUT2D eigenvalue weighted by Crippen LogP contribution is 2.19. The number of benzene rings is 2. The van der Waals surface area contributed by atoms with Crippen LogP contribution in [0.4, 0.5) is 0 Å². The van der Waals surface area contributed by atoms with Crippen LogP contribution in [0.5, 0.6) is 5.75 Å². The molecule has 0 aliphatic heterocycles. The molecule has 21 heavy (non-hydrogen) atoms. The summed E-state index contributed by atoms with van der Waals surface area (Å²) < 4.78 is 5.61. The first-order chi connectivity index (χ1) is 10.2. The zero-order valence-corrected chi connectivity index (χ0v) is 12.4. The van der Waals surface area contributed by atoms with E-state index >= 15 is 0 Å². The van der Waals surface area contributed by atoms with Gasteiger partial charge in [-0.2, -0.15) is 5.26 Å². The Labute approximate surface area is 126 Å². The van der Waals surface area contributed by atoms with Crippen molar-refractivity contribution in [2.45, 2.75) is 32.5 Å². The molecule has 0 aliphatic carbocycles. The van der Waals surface area contributed by atoms with Crippen LogP contribution in [0.15, 0.2) is 54.6 Å². The number of ether oxygens (including phenoxy) is 1. The molecule has 1 N–H and O–H groups in total. The molecule has 0 spiro atoms. The van der Waals surface area contributed by atoms with Crippen LogP contribution in [-0.2, 0) is 6.54 Å². The topological polar surface area (TPSA) is 45.0 Å². The molecule has 0 amide bonds. The van der Waals surface area contributed by atoms with E-state index in [9.17, 15) is 5.26 Å². The Morgan fingerprint density at radius 2 is 1.71 bits per heavy atom. The maximum absolute atomic E-state index is 9.33. The zero-order valence-electron chi connectivity index (χ0n) is 12.4. The van der Waals surface area contributed by atoms with Crippen LogP contribution < -0.4 is 10.1 Å². The van der Waals surface area contributed by atoms with E-state index in [0.717, 1.165) is 16.9 Å². The van der Waals surface area contributed by atoms with Gasteiger partial charge in [-0.05, 0) is 37.1 Å². The van der Waals surface area contributed by atoms with Gasteiger partial charge >= 0.3 is 0 Å². The minimum atomic E-state index is -0.321. The molecule has 1 atom stereocenters. The lowest BCUT2D eigenvalue weighted by Crippen LogP contribution is -2.19. The first-order valence-corrected chi connectivity index (χ1v) is 7.12. The van der Waals surface area contributed by atoms with Gasteiger partial charge in [-0.3, -0.25) is 5.32 Å². The van der Waals surface area contributed by atoms with E-state index < -0.39 is 0 Å². The summed E-state index contributed by atoms with van der Waals surface area (Å²) in [5.41, 5.74) is 2.11. The Kier molecular flexibility index (Phi) is 5.36. The smallest absolute Gasteiger partial charge is 0.121 e. The van der Waals surface area contributed by atoms with Crippen molar-refractivity contribution in [3.05, 3.63) is 65.7 Å². The average molecular weight is 280 g/mol. The van der Waals surface area contributed by atoms with E-state index in [1.165, 1.54) is 0 Å². The summed E-state index contributed by atoms with van der Waals surface area (Å²) >= 11 is 0. The summed E-state index contributed by atoms with van der Waals surface area (Å²) in [6.45, 7) is 4.66. The van der Waals surface area contributed by atoms with Crippen LogP contribution in [0.3, 0.4) is 0 Å². The van der Waals surface area contributed by atoms with Gasteiger partial charge < -0.3 is 4.74 Å². The van der Waals surface area contributed by atoms with Crippen molar-refractivity contribution in [3.8, 4) is 11.8 Å². The Hall–Kier alpha value is -2.31. The summed E-state index contributed by atoms with van der Waals surface area (Å²) in [6.07, 6.45) is 0.152. The van der Waals surface area contributed by atoms with Crippen molar-refractivity contribution in [1.29, 1.82) is 5.26 Å². The zero-order chi connectivity index (χ0) is 15.1. The summed E-state index contributed by atoms with van der Waals surface area (Å²) in [5, 5.41) is 12.6. The second-order valence-corrected chi connectivity index (χ2v) is 5.16. The van der Waals surface area contributed by atoms with Crippen LogP contribution in [0.2, 0.25) is 0 Å². The van der Waals surface area contributed by atoms with E-state index in [0.29, 0.717) is 6.54 Å². The molecule has 2 rings (SSSR count). The van der Waals surface area contributed by atoms with Gasteiger partial charge in [0.25, 0.3) is 0 Å². The quantitative estimate of drug-likeness (QED) is 0.874. The highest BCUT2D eigenvalue weighted by molar-refractivity contribution is 5.32. The summed E-state index contributed by atoms with van der Waals surface area (Å²) in [4.78, 5) is 0. The van der Waals surface area contributed by atoms with Gasteiger partial charge in [-0.25, -0.2) is 0 Å². The minimum absolute atomic E-state index is 0.152. The molecule has 0 radical (unpaired) electrons. The van der Waals surface area contributed by atoms with Gasteiger partial charge in [0.05, 0.1) is 12.2 Å². The third-order valence-electron chi connectivity index (χ3n) is 3.07. The van der Waals surface area contributed by atoms with E-state index in [-0.39, 0.29) is 12.1 Å². The Morgan fingerprint density at radius 1 is 1.05 bits per heavy atom. The Balaban J connectivity index is 1.99. The van der Waals surface area contributed by atoms with Crippen LogP contribution >= 0.6 is 0 Å². The molecule has 0 saturated heterocycles. The Morgan fingerprint density at radius 3 is 2.29 bits per heavy atom. The SMILES string of the molecule is CC(C)Oc1ccc(C(C#N)NCc2ccccc2)cc1. The highest BCUT2D eigenvalue weighted by Gasteiger charge is 2.10. The highest BCUT2D eigenvalue weighted by atomic mass is 16.5. The van der Waals surface area contributed by atoms with Gasteiger partial charge in [0.2, 0.25) is 0 Å². The van der Waals surface area contributed by atoms with Gasteiger partial charge in [0.1, 0.15) is 11.8 Å². The molecule has 0 bridgehead atoms. The lowest BCUT2D eigenvalue weighted by molar-refractivity contribution is 0.242. The minimum Gasteiger partial charge on any atom is -0.491 e. The van der Waals surface area contributed by atoms with E-state index in [2.05, 4.69) is 11.4 Å². The number of hydrogen-bond acceptors (Lipinski definition) is 3. The standard InChI is InChI=1S/C18H20N2O/c1-14(2)21-17-10-8-16(9-11-17)18(12-19)20-13-15-6-4-3-5-7-15/h3-11,14,18,20H,13H2,1-2H3. The number of nitrogens with zero attached hydrogens (tertiary/aromatic N) is 1. The molecule has 3 nitrogen and oxygen atoms in total. The van der Waals surface area contributed by atoms with Crippen molar-refractivity contribution < 1.29 is 4.74 Å². The largest absolute Gasteiger partial charge is 0.491 e. The van der Waals surface area contributed by atoms with Gasteiger partial charge in [-0.1, -0.05) is 42.5 Å². The number of nitrogens with one attached hydrogen (secondary N) is 1. The van der Waals surface area contributed by atoms with Crippen LogP contribution in [0.25, 0.3) is 0 Å². The van der Waals surface area contributed by atoms with E-state index in [4.69, 9.17) is 4.74 Å². The van der Waals surface area contributed by atoms with E-state index in [1.54, 1.807) is 0 Å². The first-order valence-electron chi connectivity index (χ1n) is 7.12. The Bertz CT molecular complexity index is 585. The molecule has 1 unspecified atom stereocenters. The first kappa shape index (κ1) is 15.1. The molecular formula is C18H20N2O. The van der Waals surface area contributed by atoms with Crippen LogP contribution in [0.1, 0.15) is 31.0 Å². The second kappa shape index (κ2) is 7.47. The molecule has 3 heteroatoms. The predicted octanol–water partition coefficient (Wildman–Crippen LogP) is 3.83. The maximum Gasteiger partial charge on any atom is 0.121 e. The summed E-state index contributed by atoms with van der Waals surface area (Å²) in [5.74, 6) is 0.827. The fourth-order valence-corrected chi connectivity index (χ4v) is 2.06. The van der Waals surface area contributed by atoms with Crippen molar-refractivity contribution in [3.63, 3.8) is 0 Å². The normalized spacial score (nSPS) is 11.9. The third kappa shape index (κ3) is 4.62. The summed E-state index contributed by atoms with van der Waals surface area (Å²) in [7, 11) is 0. The lowest BCUT2D eigenvalue weighted by Gasteiger charge is -2.14. The van der Waals surface area contributed by atoms with Crippen molar-refractivity contribution in [2.75, 3.05) is 0 Å². The molecule has 2 aromatic carbocycles. The second-order valence-electron chi connectivity index (χ2n) is 5.16. The van der Waals surface area contributed by atoms with Crippen molar-refractivity contribution >= 4 is 0 Å². The molecule has 0 fully saturated rings. The molecule has 0 aliphatic rings. The lowest BCUT2D eigenvalue weighted by atomic mass is 10.1. The summed E-state index contributed by atoms with van der Waals surface area (Å²) in [6, 6.07) is 19.7. The maximum atomic E-state index is 9.33. The average Bonchev–Trinajstić information content (AvgIpc) is 2.50. The van der Waals surface area contributed by atoms with Crippen LogP contribution in [-0.4, -0.2) is 6.10 Å². The number of hydrogen-bond donors (Lipinski definition) is 1. The van der Waals surface area contributed by atoms with Crippen LogP contribution in [0, 0.1) is 11.3 Å². The number of nitriles is 1. The molecular weight excluding hydrogens is 260 g/mol. The number of rotatable bonds is 6. The molecule has 0 heterocycles. The third-order valence-corrected chi connectivity index (χ3v) is 3.07. The fourth-order valence-electron chi connectivity index (χ4n) is 2.06.